The van der Waals surface area contributed by atoms with E-state index in [-0.39, 0.29) is 29.5 Å². The van der Waals surface area contributed by atoms with Gasteiger partial charge in [-0.15, -0.1) is 13.2 Å². The van der Waals surface area contributed by atoms with E-state index in [0.29, 0.717) is 5.56 Å². The Morgan fingerprint density at radius 2 is 1.78 bits per heavy atom. The average Bonchev–Trinajstić information content (AvgIpc) is 2.53. The average molecular weight is 402 g/mol. The Bertz CT molecular complexity index is 913. The highest BCUT2D eigenvalue weighted by molar-refractivity contribution is 7.92. The molecule has 2 aromatic rings. The Balaban J connectivity index is 2.06. The topological polar surface area (TPSA) is 75.7 Å². The number of alkyl halides is 3. The van der Waals surface area contributed by atoms with E-state index in [1.54, 1.807) is 0 Å². The molecule has 146 valence electrons. The van der Waals surface area contributed by atoms with Crippen molar-refractivity contribution in [1.29, 1.82) is 0 Å². The van der Waals surface area contributed by atoms with Crippen LogP contribution in [-0.4, -0.2) is 38.9 Å². The van der Waals surface area contributed by atoms with Gasteiger partial charge in [0.15, 0.2) is 0 Å². The molecular weight excluding hydrogens is 385 g/mol. The first-order valence-corrected chi connectivity index (χ1v) is 9.50. The van der Waals surface area contributed by atoms with E-state index >= 15 is 0 Å². The molecule has 1 amide bonds. The van der Waals surface area contributed by atoms with Crippen molar-refractivity contribution in [3.63, 3.8) is 0 Å². The first-order chi connectivity index (χ1) is 12.4. The number of sulfonamides is 1. The van der Waals surface area contributed by atoms with E-state index in [0.717, 1.165) is 18.4 Å². The number of ether oxygens (including phenoxy) is 1. The molecule has 0 fully saturated rings. The quantitative estimate of drug-likeness (QED) is 0.805. The number of anilines is 1. The molecule has 10 heteroatoms. The van der Waals surface area contributed by atoms with Gasteiger partial charge in [-0.3, -0.25) is 9.52 Å². The lowest BCUT2D eigenvalue weighted by molar-refractivity contribution is -0.274. The summed E-state index contributed by atoms with van der Waals surface area (Å²) in [5.41, 5.74) is 1.12. The smallest absolute Gasteiger partial charge is 0.406 e. The molecule has 1 N–H and O–H groups in total. The van der Waals surface area contributed by atoms with Crippen LogP contribution in [0, 0.1) is 0 Å². The van der Waals surface area contributed by atoms with Gasteiger partial charge in [-0.2, -0.15) is 0 Å². The fourth-order valence-corrected chi connectivity index (χ4v) is 2.85. The van der Waals surface area contributed by atoms with Gasteiger partial charge in [0, 0.05) is 24.8 Å². The summed E-state index contributed by atoms with van der Waals surface area (Å²) >= 11 is 0. The van der Waals surface area contributed by atoms with Crippen LogP contribution in [0.5, 0.6) is 5.75 Å². The van der Waals surface area contributed by atoms with E-state index in [2.05, 4.69) is 9.46 Å². The summed E-state index contributed by atoms with van der Waals surface area (Å²) < 4.78 is 65.1. The minimum atomic E-state index is -4.76. The summed E-state index contributed by atoms with van der Waals surface area (Å²) in [6.45, 7) is 0.148. The Hall–Kier alpha value is -2.75. The summed E-state index contributed by atoms with van der Waals surface area (Å²) in [5, 5.41) is 0. The van der Waals surface area contributed by atoms with Crippen LogP contribution < -0.4 is 9.46 Å². The summed E-state index contributed by atoms with van der Waals surface area (Å²) in [6, 6.07) is 11.2. The number of nitrogens with zero attached hydrogens (tertiary/aromatic N) is 1. The van der Waals surface area contributed by atoms with Crippen molar-refractivity contribution >= 4 is 21.6 Å². The number of amides is 1. The van der Waals surface area contributed by atoms with Crippen molar-refractivity contribution in [3.05, 3.63) is 59.7 Å². The van der Waals surface area contributed by atoms with Crippen LogP contribution in [0.15, 0.2) is 48.5 Å². The van der Waals surface area contributed by atoms with Gasteiger partial charge in [-0.1, -0.05) is 18.2 Å². The first-order valence-electron chi connectivity index (χ1n) is 7.61. The lowest BCUT2D eigenvalue weighted by atomic mass is 10.1. The zero-order valence-electron chi connectivity index (χ0n) is 14.4. The van der Waals surface area contributed by atoms with Crippen molar-refractivity contribution in [3.8, 4) is 5.75 Å². The van der Waals surface area contributed by atoms with Crippen LogP contribution in [0.25, 0.3) is 0 Å². The Morgan fingerprint density at radius 3 is 2.33 bits per heavy atom. The second kappa shape index (κ2) is 7.87. The number of hydrogen-bond acceptors (Lipinski definition) is 4. The Kier molecular flexibility index (Phi) is 5.99. The molecule has 0 aliphatic rings. The molecule has 0 heterocycles. The second-order valence-electron chi connectivity index (χ2n) is 5.81. The van der Waals surface area contributed by atoms with Gasteiger partial charge in [0.05, 0.1) is 6.26 Å². The maximum atomic E-state index is 12.5. The van der Waals surface area contributed by atoms with Gasteiger partial charge in [-0.25, -0.2) is 8.42 Å². The molecule has 0 aromatic heterocycles. The van der Waals surface area contributed by atoms with Crippen LogP contribution in [0.3, 0.4) is 0 Å². The molecule has 6 nitrogen and oxygen atoms in total. The van der Waals surface area contributed by atoms with Gasteiger partial charge >= 0.3 is 6.36 Å². The van der Waals surface area contributed by atoms with E-state index in [9.17, 15) is 26.4 Å². The standard InChI is InChI=1S/C17H17F3N2O4S/c1-22(11-12-6-8-15(9-7-12)26-17(18,19)20)16(23)13-4-3-5-14(10-13)21-27(2,24)25/h3-10,21H,11H2,1-2H3. The fourth-order valence-electron chi connectivity index (χ4n) is 2.29. The third-order valence-corrected chi connectivity index (χ3v) is 3.94. The highest BCUT2D eigenvalue weighted by atomic mass is 32.2. The van der Waals surface area contributed by atoms with Gasteiger partial charge in [0.25, 0.3) is 5.91 Å². The first kappa shape index (κ1) is 20.6. The third kappa shape index (κ3) is 6.81. The summed E-state index contributed by atoms with van der Waals surface area (Å²) in [5.74, 6) is -0.720. The van der Waals surface area contributed by atoms with Crippen LogP contribution in [0.4, 0.5) is 18.9 Å². The molecule has 2 rings (SSSR count). The fraction of sp³-hybridized carbons (Fsp3) is 0.235. The Labute approximate surface area is 154 Å². The maximum Gasteiger partial charge on any atom is 0.573 e. The molecule has 0 saturated heterocycles. The number of rotatable bonds is 6. The van der Waals surface area contributed by atoms with Crippen molar-refractivity contribution in [1.82, 2.24) is 4.90 Å². The lowest BCUT2D eigenvalue weighted by Gasteiger charge is -2.18. The predicted octanol–water partition coefficient (Wildman–Crippen LogP) is 3.23. The van der Waals surface area contributed by atoms with Crippen LogP contribution >= 0.6 is 0 Å². The SMILES string of the molecule is CN(Cc1ccc(OC(F)(F)F)cc1)C(=O)c1cccc(NS(C)(=O)=O)c1. The molecule has 27 heavy (non-hydrogen) atoms. The molecule has 0 unspecified atom stereocenters. The zero-order valence-corrected chi connectivity index (χ0v) is 15.3. The summed E-state index contributed by atoms with van der Waals surface area (Å²) in [6.07, 6.45) is -3.76. The van der Waals surface area contributed by atoms with Crippen LogP contribution in [0.1, 0.15) is 15.9 Å². The summed E-state index contributed by atoms with van der Waals surface area (Å²) in [4.78, 5) is 13.9. The van der Waals surface area contributed by atoms with Crippen molar-refractivity contribution in [2.45, 2.75) is 12.9 Å². The van der Waals surface area contributed by atoms with E-state index in [1.165, 1.54) is 48.3 Å². The van der Waals surface area contributed by atoms with Gasteiger partial charge in [-0.05, 0) is 35.9 Å². The lowest BCUT2D eigenvalue weighted by Crippen LogP contribution is -2.26. The minimum Gasteiger partial charge on any atom is -0.406 e. The molecular formula is C17H17F3N2O4S. The molecule has 0 saturated carbocycles. The number of nitrogens with one attached hydrogen (secondary N) is 1. The normalized spacial score (nSPS) is 11.7. The largest absolute Gasteiger partial charge is 0.573 e. The maximum absolute atomic E-state index is 12.5. The second-order valence-corrected chi connectivity index (χ2v) is 7.56. The van der Waals surface area contributed by atoms with Crippen molar-refractivity contribution < 1.29 is 31.1 Å². The van der Waals surface area contributed by atoms with E-state index in [4.69, 9.17) is 0 Å². The van der Waals surface area contributed by atoms with E-state index < -0.39 is 16.4 Å². The van der Waals surface area contributed by atoms with E-state index in [1.807, 2.05) is 0 Å². The molecule has 0 radical (unpaired) electrons. The molecule has 0 aliphatic heterocycles. The predicted molar refractivity (Wildman–Crippen MR) is 93.8 cm³/mol. The molecule has 0 bridgehead atoms. The number of carbonyl (C=O) groups excluding carboxylic acids is 1. The number of hydrogen-bond donors (Lipinski definition) is 1. The van der Waals surface area contributed by atoms with Gasteiger partial charge in [0.2, 0.25) is 10.0 Å². The highest BCUT2D eigenvalue weighted by Crippen LogP contribution is 2.23. The van der Waals surface area contributed by atoms with Gasteiger partial charge < -0.3 is 9.64 Å². The van der Waals surface area contributed by atoms with Crippen molar-refractivity contribution in [2.75, 3.05) is 18.0 Å². The number of halogens is 3. The van der Waals surface area contributed by atoms with Crippen LogP contribution in [0.2, 0.25) is 0 Å². The molecule has 0 aliphatic carbocycles. The molecule has 0 atom stereocenters. The van der Waals surface area contributed by atoms with Gasteiger partial charge in [0.1, 0.15) is 5.75 Å². The molecule has 0 spiro atoms. The summed E-state index contributed by atoms with van der Waals surface area (Å²) in [7, 11) is -1.95. The monoisotopic (exact) mass is 402 g/mol. The molecule has 2 aromatic carbocycles. The van der Waals surface area contributed by atoms with Crippen molar-refractivity contribution in [2.24, 2.45) is 0 Å². The number of benzene rings is 2. The third-order valence-electron chi connectivity index (χ3n) is 3.34. The minimum absolute atomic E-state index is 0.148. The number of carbonyl (C=O) groups is 1. The highest BCUT2D eigenvalue weighted by Gasteiger charge is 2.30. The van der Waals surface area contributed by atoms with Crippen LogP contribution in [-0.2, 0) is 16.6 Å². The Morgan fingerprint density at radius 1 is 1.15 bits per heavy atom. The zero-order chi connectivity index (χ0) is 20.2.